The molecule has 24 heavy (non-hydrogen) atoms. The van der Waals surface area contributed by atoms with Crippen LogP contribution in [0.5, 0.6) is 0 Å². The van der Waals surface area contributed by atoms with Gasteiger partial charge in [-0.1, -0.05) is 17.7 Å². The monoisotopic (exact) mass is 341 g/mol. The van der Waals surface area contributed by atoms with E-state index in [1.807, 2.05) is 33.2 Å². The number of aryl methyl sites for hydroxylation is 3. The van der Waals surface area contributed by atoms with Gasteiger partial charge in [0.25, 0.3) is 5.91 Å². The van der Waals surface area contributed by atoms with Crippen LogP contribution in [0, 0.1) is 20.8 Å². The lowest BCUT2D eigenvalue weighted by Crippen LogP contribution is -2.18. The van der Waals surface area contributed by atoms with E-state index < -0.39 is 0 Å². The zero-order valence-electron chi connectivity index (χ0n) is 14.8. The summed E-state index contributed by atoms with van der Waals surface area (Å²) in [6.07, 6.45) is 0. The third-order valence-electron chi connectivity index (χ3n) is 4.02. The third-order valence-corrected chi connectivity index (χ3v) is 5.13. The maximum absolute atomic E-state index is 12.8. The molecule has 5 heteroatoms. The van der Waals surface area contributed by atoms with Crippen LogP contribution in [-0.2, 0) is 6.54 Å². The number of carbonyl (C=O) groups excluding carboxylic acids is 1. The minimum absolute atomic E-state index is 0.0835. The van der Waals surface area contributed by atoms with Gasteiger partial charge in [0, 0.05) is 22.7 Å². The van der Waals surface area contributed by atoms with Crippen molar-refractivity contribution in [2.45, 2.75) is 27.3 Å². The van der Waals surface area contributed by atoms with E-state index in [1.165, 1.54) is 15.1 Å². The molecule has 2 heterocycles. The number of H-pyrrole nitrogens is 1. The van der Waals surface area contributed by atoms with E-state index in [-0.39, 0.29) is 5.91 Å². The van der Waals surface area contributed by atoms with Crippen LogP contribution in [-0.4, -0.2) is 29.9 Å². The summed E-state index contributed by atoms with van der Waals surface area (Å²) in [5.41, 5.74) is 5.88. The van der Waals surface area contributed by atoms with Gasteiger partial charge in [-0.2, -0.15) is 0 Å². The van der Waals surface area contributed by atoms with Gasteiger partial charge in [0.2, 0.25) is 0 Å². The van der Waals surface area contributed by atoms with Crippen LogP contribution in [0.3, 0.4) is 0 Å². The Balaban J connectivity index is 1.98. The molecule has 0 saturated heterocycles. The topological polar surface area (TPSA) is 48.1 Å². The molecule has 2 aromatic heterocycles. The van der Waals surface area contributed by atoms with Gasteiger partial charge in [0.15, 0.2) is 0 Å². The Morgan fingerprint density at radius 2 is 1.96 bits per heavy atom. The summed E-state index contributed by atoms with van der Waals surface area (Å²) in [5, 5.41) is 3.05. The average molecular weight is 341 g/mol. The van der Waals surface area contributed by atoms with Gasteiger partial charge in [-0.05, 0) is 52.6 Å². The van der Waals surface area contributed by atoms with Crippen molar-refractivity contribution in [3.05, 3.63) is 51.5 Å². The highest BCUT2D eigenvalue weighted by Gasteiger charge is 2.20. The molecule has 0 saturated carbocycles. The molecule has 0 unspecified atom stereocenters. The number of fused-ring (bicyclic) bond motifs is 1. The maximum atomic E-state index is 12.8. The Bertz CT molecular complexity index is 905. The first-order chi connectivity index (χ1) is 11.3. The molecule has 0 atom stereocenters. The third kappa shape index (κ3) is 3.23. The Hall–Kier alpha value is -2.11. The molecule has 0 aliphatic heterocycles. The highest BCUT2D eigenvalue weighted by Crippen LogP contribution is 2.32. The SMILES string of the molecule is Cc1ccc(NC(=O)c2[nH]c3cc(C)sc3c2CN(C)C)c(C)c1. The van der Waals surface area contributed by atoms with Gasteiger partial charge in [0.1, 0.15) is 5.69 Å². The average Bonchev–Trinajstić information content (AvgIpc) is 2.99. The standard InChI is InChI=1S/C19H23N3OS/c1-11-6-7-15(12(2)8-11)21-19(23)17-14(10-22(4)5)18-16(20-17)9-13(3)24-18/h6-9,20H,10H2,1-5H3,(H,21,23). The smallest absolute Gasteiger partial charge is 0.272 e. The number of rotatable bonds is 4. The lowest BCUT2D eigenvalue weighted by Gasteiger charge is -2.12. The summed E-state index contributed by atoms with van der Waals surface area (Å²) in [6, 6.07) is 8.16. The van der Waals surface area contributed by atoms with E-state index in [1.54, 1.807) is 11.3 Å². The van der Waals surface area contributed by atoms with Crippen LogP contribution in [0.4, 0.5) is 5.69 Å². The summed E-state index contributed by atoms with van der Waals surface area (Å²) in [6.45, 7) is 6.89. The Morgan fingerprint density at radius 3 is 2.62 bits per heavy atom. The molecule has 0 aliphatic rings. The minimum atomic E-state index is -0.0835. The summed E-state index contributed by atoms with van der Waals surface area (Å²) in [5.74, 6) is -0.0835. The Morgan fingerprint density at radius 1 is 1.21 bits per heavy atom. The molecule has 0 radical (unpaired) electrons. The molecule has 0 spiro atoms. The van der Waals surface area contributed by atoms with E-state index in [4.69, 9.17) is 0 Å². The van der Waals surface area contributed by atoms with Crippen molar-refractivity contribution in [3.8, 4) is 0 Å². The zero-order valence-corrected chi connectivity index (χ0v) is 15.6. The van der Waals surface area contributed by atoms with Gasteiger partial charge in [-0.25, -0.2) is 0 Å². The van der Waals surface area contributed by atoms with Crippen molar-refractivity contribution in [1.29, 1.82) is 0 Å². The van der Waals surface area contributed by atoms with Crippen molar-refractivity contribution in [2.24, 2.45) is 0 Å². The number of carbonyl (C=O) groups is 1. The lowest BCUT2D eigenvalue weighted by atomic mass is 10.1. The van der Waals surface area contributed by atoms with Gasteiger partial charge in [0.05, 0.1) is 10.2 Å². The Labute approximate surface area is 146 Å². The van der Waals surface area contributed by atoms with Crippen LogP contribution < -0.4 is 5.32 Å². The van der Waals surface area contributed by atoms with E-state index >= 15 is 0 Å². The summed E-state index contributed by atoms with van der Waals surface area (Å²) in [7, 11) is 4.04. The molecular weight excluding hydrogens is 318 g/mol. The predicted molar refractivity (Wildman–Crippen MR) is 102 cm³/mol. The van der Waals surface area contributed by atoms with E-state index in [0.717, 1.165) is 28.9 Å². The molecule has 4 nitrogen and oxygen atoms in total. The zero-order chi connectivity index (χ0) is 17.4. The second-order valence-electron chi connectivity index (χ2n) is 6.59. The van der Waals surface area contributed by atoms with Gasteiger partial charge < -0.3 is 15.2 Å². The van der Waals surface area contributed by atoms with Gasteiger partial charge in [-0.3, -0.25) is 4.79 Å². The summed E-state index contributed by atoms with van der Waals surface area (Å²) in [4.78, 5) is 19.5. The van der Waals surface area contributed by atoms with Gasteiger partial charge >= 0.3 is 0 Å². The van der Waals surface area contributed by atoms with E-state index in [0.29, 0.717) is 5.69 Å². The lowest BCUT2D eigenvalue weighted by molar-refractivity contribution is 0.102. The molecule has 3 rings (SSSR count). The fourth-order valence-corrected chi connectivity index (χ4v) is 3.96. The molecule has 126 valence electrons. The molecule has 0 bridgehead atoms. The molecule has 2 N–H and O–H groups in total. The number of aromatic nitrogens is 1. The van der Waals surface area contributed by atoms with Crippen molar-refractivity contribution in [3.63, 3.8) is 0 Å². The number of amides is 1. The van der Waals surface area contributed by atoms with E-state index in [9.17, 15) is 4.79 Å². The Kier molecular flexibility index (Phi) is 4.47. The van der Waals surface area contributed by atoms with Crippen LogP contribution in [0.15, 0.2) is 24.3 Å². The fourth-order valence-electron chi connectivity index (χ4n) is 2.95. The first-order valence-corrected chi connectivity index (χ1v) is 8.81. The normalized spacial score (nSPS) is 11.4. The number of aromatic amines is 1. The molecule has 0 fully saturated rings. The second-order valence-corrected chi connectivity index (χ2v) is 7.85. The fraction of sp³-hybridized carbons (Fsp3) is 0.316. The molecular formula is C19H23N3OS. The van der Waals surface area contributed by atoms with E-state index in [2.05, 4.69) is 41.2 Å². The number of anilines is 1. The van der Waals surface area contributed by atoms with Crippen molar-refractivity contribution in [1.82, 2.24) is 9.88 Å². The van der Waals surface area contributed by atoms with Crippen LogP contribution in [0.25, 0.3) is 10.2 Å². The summed E-state index contributed by atoms with van der Waals surface area (Å²) >= 11 is 1.73. The van der Waals surface area contributed by atoms with Crippen molar-refractivity contribution >= 4 is 33.1 Å². The highest BCUT2D eigenvalue weighted by atomic mass is 32.1. The predicted octanol–water partition coefficient (Wildman–Crippen LogP) is 4.47. The first-order valence-electron chi connectivity index (χ1n) is 7.99. The number of benzene rings is 1. The number of nitrogens with one attached hydrogen (secondary N) is 2. The molecule has 0 aliphatic carbocycles. The highest BCUT2D eigenvalue weighted by molar-refractivity contribution is 7.19. The van der Waals surface area contributed by atoms with Crippen LogP contribution >= 0.6 is 11.3 Å². The molecule has 1 aromatic carbocycles. The molecule has 1 amide bonds. The maximum Gasteiger partial charge on any atom is 0.272 e. The van der Waals surface area contributed by atoms with Crippen LogP contribution in [0.1, 0.15) is 32.1 Å². The largest absolute Gasteiger partial charge is 0.350 e. The summed E-state index contributed by atoms with van der Waals surface area (Å²) < 4.78 is 1.17. The molecule has 3 aromatic rings. The van der Waals surface area contributed by atoms with Gasteiger partial charge in [-0.15, -0.1) is 11.3 Å². The number of hydrogen-bond acceptors (Lipinski definition) is 3. The number of nitrogens with zero attached hydrogens (tertiary/aromatic N) is 1. The number of hydrogen-bond donors (Lipinski definition) is 2. The second kappa shape index (κ2) is 6.42. The van der Waals surface area contributed by atoms with Crippen molar-refractivity contribution < 1.29 is 4.79 Å². The number of thiophene rings is 1. The first kappa shape index (κ1) is 16.7. The van der Waals surface area contributed by atoms with Crippen LogP contribution in [0.2, 0.25) is 0 Å². The quantitative estimate of drug-likeness (QED) is 0.735. The van der Waals surface area contributed by atoms with Crippen molar-refractivity contribution in [2.75, 3.05) is 19.4 Å². The minimum Gasteiger partial charge on any atom is -0.350 e.